The van der Waals surface area contributed by atoms with E-state index < -0.39 is 0 Å². The summed E-state index contributed by atoms with van der Waals surface area (Å²) in [5.41, 5.74) is 4.92. The topological polar surface area (TPSA) is 89.1 Å². The fourth-order valence-corrected chi connectivity index (χ4v) is 3.39. The molecule has 0 fully saturated rings. The quantitative estimate of drug-likeness (QED) is 0.743. The van der Waals surface area contributed by atoms with Gasteiger partial charge in [0.2, 0.25) is 0 Å². The molecule has 0 radical (unpaired) electrons. The third kappa shape index (κ3) is 2.91. The van der Waals surface area contributed by atoms with Crippen LogP contribution in [0.2, 0.25) is 0 Å². The second kappa shape index (κ2) is 6.75. The first-order valence-electron chi connectivity index (χ1n) is 8.68. The van der Waals surface area contributed by atoms with Crippen molar-refractivity contribution in [3.8, 4) is 34.3 Å². The van der Waals surface area contributed by atoms with Gasteiger partial charge in [-0.2, -0.15) is 0 Å². The Morgan fingerprint density at radius 2 is 1.96 bits per heavy atom. The molecule has 1 amide bonds. The van der Waals surface area contributed by atoms with Gasteiger partial charge < -0.3 is 19.8 Å². The van der Waals surface area contributed by atoms with Crippen LogP contribution in [0, 0.1) is 6.92 Å². The number of aromatic amines is 1. The number of nitrogens with one attached hydrogen (secondary N) is 2. The third-order valence-electron chi connectivity index (χ3n) is 4.77. The number of hydrogen-bond acceptors (Lipinski definition) is 5. The zero-order valence-corrected chi connectivity index (χ0v) is 15.4. The Kier molecular flexibility index (Phi) is 4.27. The number of H-pyrrole nitrogens is 1. The summed E-state index contributed by atoms with van der Waals surface area (Å²) >= 11 is 0. The van der Waals surface area contributed by atoms with Crippen molar-refractivity contribution in [2.24, 2.45) is 0 Å². The first-order valence-corrected chi connectivity index (χ1v) is 8.68. The smallest absolute Gasteiger partial charge is 0.253 e. The van der Waals surface area contributed by atoms with Gasteiger partial charge in [0.15, 0.2) is 17.3 Å². The molecule has 0 saturated heterocycles. The number of amides is 1. The molecule has 1 aliphatic rings. The summed E-state index contributed by atoms with van der Waals surface area (Å²) in [6.45, 7) is 2.59. The van der Waals surface area contributed by atoms with Crippen molar-refractivity contribution < 1.29 is 14.3 Å². The minimum absolute atomic E-state index is 0.0521. The van der Waals surface area contributed by atoms with Gasteiger partial charge >= 0.3 is 0 Å². The molecule has 0 saturated carbocycles. The van der Waals surface area contributed by atoms with Crippen molar-refractivity contribution in [3.05, 3.63) is 47.3 Å². The standard InChI is InChI=1S/C20H20N4O3/c1-11-12(4-5-17(26-2)18(11)27-3)19-21-8-7-15(24-19)16-10-13-14(23-16)6-9-22-20(13)25/h4-5,7-8,10,23H,6,9H2,1-3H3,(H,22,25). The predicted molar refractivity (Wildman–Crippen MR) is 101 cm³/mol. The van der Waals surface area contributed by atoms with E-state index in [1.165, 1.54) is 0 Å². The molecule has 2 aromatic heterocycles. The first kappa shape index (κ1) is 17.1. The molecular formula is C20H20N4O3. The van der Waals surface area contributed by atoms with Crippen molar-refractivity contribution in [1.29, 1.82) is 0 Å². The molecule has 0 spiro atoms. The highest BCUT2D eigenvalue weighted by Crippen LogP contribution is 2.36. The highest BCUT2D eigenvalue weighted by Gasteiger charge is 2.21. The van der Waals surface area contributed by atoms with Crippen molar-refractivity contribution in [1.82, 2.24) is 20.3 Å². The number of ether oxygens (including phenoxy) is 2. The summed E-state index contributed by atoms with van der Waals surface area (Å²) < 4.78 is 10.8. The average molecular weight is 364 g/mol. The lowest BCUT2D eigenvalue weighted by Crippen LogP contribution is -2.31. The Labute approximate surface area is 156 Å². The number of nitrogens with zero attached hydrogens (tertiary/aromatic N) is 2. The zero-order valence-electron chi connectivity index (χ0n) is 15.4. The Morgan fingerprint density at radius 1 is 1.11 bits per heavy atom. The van der Waals surface area contributed by atoms with Crippen molar-refractivity contribution in [3.63, 3.8) is 0 Å². The molecule has 3 heterocycles. The van der Waals surface area contributed by atoms with E-state index in [1.54, 1.807) is 20.4 Å². The lowest BCUT2D eigenvalue weighted by Gasteiger charge is -2.13. The van der Waals surface area contributed by atoms with Gasteiger partial charge in [-0.05, 0) is 31.2 Å². The summed E-state index contributed by atoms with van der Waals surface area (Å²) in [6.07, 6.45) is 2.50. The van der Waals surface area contributed by atoms with Crippen molar-refractivity contribution in [2.45, 2.75) is 13.3 Å². The Hall–Kier alpha value is -3.35. The second-order valence-corrected chi connectivity index (χ2v) is 6.32. The maximum absolute atomic E-state index is 12.0. The van der Waals surface area contributed by atoms with Gasteiger partial charge in [0.05, 0.1) is 31.2 Å². The van der Waals surface area contributed by atoms with Crippen LogP contribution >= 0.6 is 0 Å². The normalized spacial score (nSPS) is 13.1. The van der Waals surface area contributed by atoms with Crippen molar-refractivity contribution in [2.75, 3.05) is 20.8 Å². The molecule has 7 nitrogen and oxygen atoms in total. The fourth-order valence-electron chi connectivity index (χ4n) is 3.39. The highest BCUT2D eigenvalue weighted by molar-refractivity contribution is 5.97. The van der Waals surface area contributed by atoms with E-state index in [1.807, 2.05) is 31.2 Å². The van der Waals surface area contributed by atoms with Crippen LogP contribution in [0.4, 0.5) is 0 Å². The first-order chi connectivity index (χ1) is 13.1. The van der Waals surface area contributed by atoms with Gasteiger partial charge in [0.25, 0.3) is 5.91 Å². The number of fused-ring (bicyclic) bond motifs is 1. The van der Waals surface area contributed by atoms with Gasteiger partial charge in [-0.3, -0.25) is 4.79 Å². The van der Waals surface area contributed by atoms with Crippen LogP contribution in [0.3, 0.4) is 0 Å². The average Bonchev–Trinajstić information content (AvgIpc) is 3.13. The SMILES string of the molecule is COc1ccc(-c2nccc(-c3cc4c([nH]3)CCNC4=O)n2)c(C)c1OC. The summed E-state index contributed by atoms with van der Waals surface area (Å²) in [7, 11) is 3.22. The maximum Gasteiger partial charge on any atom is 0.253 e. The largest absolute Gasteiger partial charge is 0.493 e. The molecule has 0 bridgehead atoms. The molecule has 4 rings (SSSR count). The summed E-state index contributed by atoms with van der Waals surface area (Å²) in [5, 5.41) is 2.85. The van der Waals surface area contributed by atoms with Crippen LogP contribution in [0.15, 0.2) is 30.5 Å². The number of carbonyl (C=O) groups excluding carboxylic acids is 1. The molecular weight excluding hydrogens is 344 g/mol. The van der Waals surface area contributed by atoms with Crippen molar-refractivity contribution >= 4 is 5.91 Å². The summed E-state index contributed by atoms with van der Waals surface area (Å²) in [5.74, 6) is 1.86. The third-order valence-corrected chi connectivity index (χ3v) is 4.77. The predicted octanol–water partition coefficient (Wildman–Crippen LogP) is 2.75. The molecule has 138 valence electrons. The molecule has 7 heteroatoms. The fraction of sp³-hybridized carbons (Fsp3) is 0.250. The molecule has 0 aliphatic carbocycles. The maximum atomic E-state index is 12.0. The van der Waals surface area contributed by atoms with Gasteiger partial charge in [-0.25, -0.2) is 9.97 Å². The summed E-state index contributed by atoms with van der Waals surface area (Å²) in [4.78, 5) is 24.4. The summed E-state index contributed by atoms with van der Waals surface area (Å²) in [6, 6.07) is 7.43. The van der Waals surface area contributed by atoms with E-state index in [9.17, 15) is 4.79 Å². The second-order valence-electron chi connectivity index (χ2n) is 6.32. The van der Waals surface area contributed by atoms with Crippen LogP contribution < -0.4 is 14.8 Å². The van der Waals surface area contributed by atoms with Gasteiger partial charge in [-0.15, -0.1) is 0 Å². The van der Waals surface area contributed by atoms with E-state index in [-0.39, 0.29) is 5.91 Å². The molecule has 1 aromatic carbocycles. The highest BCUT2D eigenvalue weighted by atomic mass is 16.5. The zero-order chi connectivity index (χ0) is 19.0. The molecule has 3 aromatic rings. The molecule has 0 unspecified atom stereocenters. The molecule has 2 N–H and O–H groups in total. The van der Waals surface area contributed by atoms with Gasteiger partial charge in [0, 0.05) is 36.0 Å². The monoisotopic (exact) mass is 364 g/mol. The minimum atomic E-state index is -0.0521. The van der Waals surface area contributed by atoms with Crippen LogP contribution in [0.1, 0.15) is 21.6 Å². The van der Waals surface area contributed by atoms with Crippen LogP contribution in [-0.4, -0.2) is 41.6 Å². The van der Waals surface area contributed by atoms with E-state index in [2.05, 4.69) is 15.3 Å². The molecule has 0 atom stereocenters. The number of methoxy groups -OCH3 is 2. The number of aromatic nitrogens is 3. The number of benzene rings is 1. The Morgan fingerprint density at radius 3 is 2.70 bits per heavy atom. The van der Waals surface area contributed by atoms with Crippen LogP contribution in [-0.2, 0) is 6.42 Å². The van der Waals surface area contributed by atoms with E-state index in [4.69, 9.17) is 14.5 Å². The molecule has 27 heavy (non-hydrogen) atoms. The Bertz CT molecular complexity index is 1030. The molecule has 1 aliphatic heterocycles. The van der Waals surface area contributed by atoms with E-state index >= 15 is 0 Å². The minimum Gasteiger partial charge on any atom is -0.493 e. The van der Waals surface area contributed by atoms with Crippen LogP contribution in [0.5, 0.6) is 11.5 Å². The number of carbonyl (C=O) groups is 1. The number of rotatable bonds is 4. The number of hydrogen-bond donors (Lipinski definition) is 2. The van der Waals surface area contributed by atoms with E-state index in [0.29, 0.717) is 29.4 Å². The lowest BCUT2D eigenvalue weighted by molar-refractivity contribution is 0.0946. The van der Waals surface area contributed by atoms with Gasteiger partial charge in [-0.1, -0.05) is 0 Å². The van der Waals surface area contributed by atoms with Crippen LogP contribution in [0.25, 0.3) is 22.8 Å². The van der Waals surface area contributed by atoms with Gasteiger partial charge in [0.1, 0.15) is 0 Å². The van der Waals surface area contributed by atoms with E-state index in [0.717, 1.165) is 34.6 Å². The lowest BCUT2D eigenvalue weighted by atomic mass is 10.1. The Balaban J connectivity index is 1.77.